The largest absolute Gasteiger partial charge is 0.493 e. The molecule has 27 heavy (non-hydrogen) atoms. The number of benzene rings is 2. The van der Waals surface area contributed by atoms with Gasteiger partial charge in [-0.25, -0.2) is 0 Å². The normalized spacial score (nSPS) is 10.5. The predicted octanol–water partition coefficient (Wildman–Crippen LogP) is 2.81. The van der Waals surface area contributed by atoms with E-state index < -0.39 is 11.8 Å². The lowest BCUT2D eigenvalue weighted by Crippen LogP contribution is -2.41. The molecule has 2 amide bonds. The molecule has 8 nitrogen and oxygen atoms in total. The number of H-pyrrole nitrogens is 1. The maximum absolute atomic E-state index is 12.4. The molecule has 3 N–H and O–H groups in total. The first-order chi connectivity index (χ1) is 13.0. The number of rotatable bonds is 5. The number of amides is 2. The van der Waals surface area contributed by atoms with Crippen molar-refractivity contribution in [1.29, 1.82) is 0 Å². The van der Waals surface area contributed by atoms with Crippen LogP contribution in [0.25, 0.3) is 10.9 Å². The number of para-hydroxylation sites is 1. The van der Waals surface area contributed by atoms with Gasteiger partial charge in [0.25, 0.3) is 11.8 Å². The lowest BCUT2D eigenvalue weighted by atomic mass is 10.2. The summed E-state index contributed by atoms with van der Waals surface area (Å²) in [6.07, 6.45) is 0. The van der Waals surface area contributed by atoms with Gasteiger partial charge in [0, 0.05) is 10.9 Å². The van der Waals surface area contributed by atoms with Crippen LogP contribution in [0.5, 0.6) is 11.5 Å². The average molecular weight is 433 g/mol. The average Bonchev–Trinajstić information content (AvgIpc) is 3.11. The molecule has 1 heterocycles. The second-order valence-corrected chi connectivity index (χ2v) is 6.30. The summed E-state index contributed by atoms with van der Waals surface area (Å²) in [5.41, 5.74) is 5.94. The molecule has 140 valence electrons. The number of ether oxygens (including phenoxy) is 2. The molecule has 0 spiro atoms. The molecule has 2 aromatic carbocycles. The van der Waals surface area contributed by atoms with E-state index in [0.29, 0.717) is 28.0 Å². The van der Waals surface area contributed by atoms with Crippen molar-refractivity contribution in [2.45, 2.75) is 6.92 Å². The smallest absolute Gasteiger partial charge is 0.290 e. The van der Waals surface area contributed by atoms with Crippen molar-refractivity contribution >= 4 is 38.6 Å². The fraction of sp³-hybridized carbons (Fsp3) is 0.167. The standard InChI is InChI=1S/C18H17BrN4O4/c1-3-27-16-12(19)8-10(9-14(16)26-2)17(24)22-23-18(25)15-11-6-4-5-7-13(11)20-21-15/h4-9H,3H2,1-2H3,(H,20,21)(H,22,24)(H,23,25). The van der Waals surface area contributed by atoms with E-state index in [1.165, 1.54) is 13.2 Å². The second kappa shape index (κ2) is 8.09. The fourth-order valence-electron chi connectivity index (χ4n) is 2.52. The number of carbonyl (C=O) groups excluding carboxylic acids is 2. The maximum Gasteiger partial charge on any atom is 0.290 e. The van der Waals surface area contributed by atoms with Crippen LogP contribution >= 0.6 is 15.9 Å². The zero-order valence-electron chi connectivity index (χ0n) is 14.6. The monoisotopic (exact) mass is 432 g/mol. The van der Waals surface area contributed by atoms with E-state index in [0.717, 1.165) is 5.52 Å². The Kier molecular flexibility index (Phi) is 5.60. The van der Waals surface area contributed by atoms with Crippen LogP contribution in [0.3, 0.4) is 0 Å². The van der Waals surface area contributed by atoms with E-state index in [1.54, 1.807) is 24.3 Å². The number of fused-ring (bicyclic) bond motifs is 1. The number of carbonyl (C=O) groups is 2. The maximum atomic E-state index is 12.4. The Morgan fingerprint density at radius 1 is 1.19 bits per heavy atom. The van der Waals surface area contributed by atoms with E-state index in [4.69, 9.17) is 9.47 Å². The Balaban J connectivity index is 1.74. The molecule has 3 aromatic rings. The number of hydrogen-bond acceptors (Lipinski definition) is 5. The zero-order valence-corrected chi connectivity index (χ0v) is 16.2. The molecule has 0 aliphatic rings. The third-order valence-electron chi connectivity index (χ3n) is 3.76. The van der Waals surface area contributed by atoms with Gasteiger partial charge in [-0.15, -0.1) is 0 Å². The number of aromatic amines is 1. The summed E-state index contributed by atoms with van der Waals surface area (Å²) in [5, 5.41) is 7.42. The van der Waals surface area contributed by atoms with Crippen molar-refractivity contribution in [1.82, 2.24) is 21.0 Å². The van der Waals surface area contributed by atoms with E-state index in [9.17, 15) is 9.59 Å². The van der Waals surface area contributed by atoms with Gasteiger partial charge in [0.2, 0.25) is 0 Å². The highest BCUT2D eigenvalue weighted by Gasteiger charge is 2.18. The molecule has 0 aliphatic carbocycles. The van der Waals surface area contributed by atoms with Gasteiger partial charge in [-0.3, -0.25) is 25.5 Å². The highest BCUT2D eigenvalue weighted by atomic mass is 79.9. The van der Waals surface area contributed by atoms with Crippen LogP contribution in [-0.4, -0.2) is 35.7 Å². The summed E-state index contributed by atoms with van der Waals surface area (Å²) >= 11 is 3.36. The summed E-state index contributed by atoms with van der Waals surface area (Å²) in [7, 11) is 1.48. The van der Waals surface area contributed by atoms with E-state index in [-0.39, 0.29) is 11.3 Å². The second-order valence-electron chi connectivity index (χ2n) is 5.45. The zero-order chi connectivity index (χ0) is 19.4. The molecule has 0 saturated carbocycles. The molecule has 3 rings (SSSR count). The lowest BCUT2D eigenvalue weighted by molar-refractivity contribution is 0.0844. The summed E-state index contributed by atoms with van der Waals surface area (Å²) < 4.78 is 11.3. The fourth-order valence-corrected chi connectivity index (χ4v) is 3.07. The SMILES string of the molecule is CCOc1c(Br)cc(C(=O)NNC(=O)c2n[nH]c3ccccc23)cc1OC. The van der Waals surface area contributed by atoms with Gasteiger partial charge in [-0.2, -0.15) is 5.10 Å². The number of nitrogens with one attached hydrogen (secondary N) is 3. The van der Waals surface area contributed by atoms with E-state index in [1.807, 2.05) is 13.0 Å². The van der Waals surface area contributed by atoms with E-state index in [2.05, 4.69) is 37.0 Å². The predicted molar refractivity (Wildman–Crippen MR) is 103 cm³/mol. The van der Waals surface area contributed by atoms with Crippen molar-refractivity contribution in [2.24, 2.45) is 0 Å². The first kappa shape index (κ1) is 18.7. The quantitative estimate of drug-likeness (QED) is 0.537. The van der Waals surface area contributed by atoms with Gasteiger partial charge in [0.05, 0.1) is 23.7 Å². The molecule has 0 aliphatic heterocycles. The number of nitrogens with zero attached hydrogens (tertiary/aromatic N) is 1. The van der Waals surface area contributed by atoms with Crippen LogP contribution < -0.4 is 20.3 Å². The van der Waals surface area contributed by atoms with Gasteiger partial charge < -0.3 is 9.47 Å². The minimum absolute atomic E-state index is 0.191. The van der Waals surface area contributed by atoms with E-state index >= 15 is 0 Å². The van der Waals surface area contributed by atoms with Crippen LogP contribution in [0.15, 0.2) is 40.9 Å². The van der Waals surface area contributed by atoms with Crippen LogP contribution in [0.2, 0.25) is 0 Å². The van der Waals surface area contributed by atoms with Gasteiger partial charge in [0.15, 0.2) is 17.2 Å². The minimum Gasteiger partial charge on any atom is -0.493 e. The molecular formula is C18H17BrN4O4. The van der Waals surface area contributed by atoms with Gasteiger partial charge in [-0.1, -0.05) is 18.2 Å². The summed E-state index contributed by atoms with van der Waals surface area (Å²) in [4.78, 5) is 24.7. The summed E-state index contributed by atoms with van der Waals surface area (Å²) in [6, 6.07) is 10.3. The molecule has 0 bridgehead atoms. The highest BCUT2D eigenvalue weighted by Crippen LogP contribution is 2.36. The Labute approximate surface area is 163 Å². The molecule has 0 atom stereocenters. The molecule has 0 unspecified atom stereocenters. The summed E-state index contributed by atoms with van der Waals surface area (Å²) in [6.45, 7) is 2.30. The Hall–Kier alpha value is -3.07. The molecule has 0 saturated heterocycles. The van der Waals surface area contributed by atoms with Crippen molar-refractivity contribution < 1.29 is 19.1 Å². The Morgan fingerprint density at radius 2 is 1.93 bits per heavy atom. The number of methoxy groups -OCH3 is 1. The molecular weight excluding hydrogens is 416 g/mol. The van der Waals surface area contributed by atoms with Crippen molar-refractivity contribution in [3.05, 3.63) is 52.1 Å². The van der Waals surface area contributed by atoms with Crippen molar-refractivity contribution in [3.8, 4) is 11.5 Å². The van der Waals surface area contributed by atoms with Crippen LogP contribution in [0.1, 0.15) is 27.8 Å². The highest BCUT2D eigenvalue weighted by molar-refractivity contribution is 9.10. The number of aromatic nitrogens is 2. The molecule has 0 radical (unpaired) electrons. The van der Waals surface area contributed by atoms with Crippen molar-refractivity contribution in [2.75, 3.05) is 13.7 Å². The molecule has 1 aromatic heterocycles. The first-order valence-electron chi connectivity index (χ1n) is 8.09. The van der Waals surface area contributed by atoms with Crippen LogP contribution in [-0.2, 0) is 0 Å². The third kappa shape index (κ3) is 3.87. The Morgan fingerprint density at radius 3 is 2.67 bits per heavy atom. The Bertz CT molecular complexity index is 1000. The first-order valence-corrected chi connectivity index (χ1v) is 8.88. The number of hydrazine groups is 1. The number of hydrogen-bond donors (Lipinski definition) is 3. The molecule has 0 fully saturated rings. The number of halogens is 1. The van der Waals surface area contributed by atoms with Crippen LogP contribution in [0, 0.1) is 0 Å². The van der Waals surface area contributed by atoms with Gasteiger partial charge in [0.1, 0.15) is 0 Å². The van der Waals surface area contributed by atoms with Crippen molar-refractivity contribution in [3.63, 3.8) is 0 Å². The van der Waals surface area contributed by atoms with Gasteiger partial charge in [-0.05, 0) is 41.1 Å². The minimum atomic E-state index is -0.530. The summed E-state index contributed by atoms with van der Waals surface area (Å²) in [5.74, 6) is -0.132. The lowest BCUT2D eigenvalue weighted by Gasteiger charge is -2.13. The topological polar surface area (TPSA) is 105 Å². The van der Waals surface area contributed by atoms with Crippen LogP contribution in [0.4, 0.5) is 0 Å². The molecule has 9 heteroatoms. The third-order valence-corrected chi connectivity index (χ3v) is 4.34. The van der Waals surface area contributed by atoms with Gasteiger partial charge >= 0.3 is 0 Å².